The molecule has 0 bridgehead atoms. The number of carbonyl (C=O) groups is 1. The molecule has 3 rings (SSSR count). The molecular formula is C19H26N2O4. The smallest absolute Gasteiger partial charge is 0.317 e. The number of likely N-dealkylation sites (tertiary alicyclic amines) is 1. The zero-order chi connectivity index (χ0) is 17.7. The lowest BCUT2D eigenvalue weighted by Gasteiger charge is -2.42. The fraction of sp³-hybridized carbons (Fsp3) is 0.526. The molecule has 2 heterocycles. The summed E-state index contributed by atoms with van der Waals surface area (Å²) in [6, 6.07) is 7.82. The molecule has 1 aromatic rings. The molecule has 1 N–H and O–H groups in total. The predicted octanol–water partition coefficient (Wildman–Crippen LogP) is 2.30. The monoisotopic (exact) mass is 346 g/mol. The summed E-state index contributed by atoms with van der Waals surface area (Å²) in [7, 11) is 3.23. The van der Waals surface area contributed by atoms with E-state index in [1.807, 2.05) is 29.2 Å². The molecule has 0 unspecified atom stereocenters. The van der Waals surface area contributed by atoms with Crippen molar-refractivity contribution in [2.75, 3.05) is 40.5 Å². The first-order chi connectivity index (χ1) is 12.2. The van der Waals surface area contributed by atoms with Gasteiger partial charge in [0.1, 0.15) is 11.4 Å². The minimum atomic E-state index is -0.302. The van der Waals surface area contributed by atoms with Crippen LogP contribution in [0.2, 0.25) is 0 Å². The van der Waals surface area contributed by atoms with Crippen molar-refractivity contribution in [3.05, 3.63) is 35.9 Å². The second-order valence-corrected chi connectivity index (χ2v) is 6.58. The molecule has 2 amide bonds. The number of amides is 2. The van der Waals surface area contributed by atoms with E-state index in [9.17, 15) is 4.79 Å². The molecule has 1 saturated heterocycles. The van der Waals surface area contributed by atoms with E-state index in [2.05, 4.69) is 17.5 Å². The highest BCUT2D eigenvalue weighted by atomic mass is 16.5. The number of rotatable bonds is 5. The molecule has 6 heteroatoms. The summed E-state index contributed by atoms with van der Waals surface area (Å²) >= 11 is 0. The van der Waals surface area contributed by atoms with Crippen LogP contribution in [0.4, 0.5) is 4.79 Å². The van der Waals surface area contributed by atoms with Crippen molar-refractivity contribution >= 4 is 12.1 Å². The predicted molar refractivity (Wildman–Crippen MR) is 95.7 cm³/mol. The summed E-state index contributed by atoms with van der Waals surface area (Å²) in [4.78, 5) is 14.3. The lowest BCUT2D eigenvalue weighted by molar-refractivity contribution is 0.0467. The van der Waals surface area contributed by atoms with Gasteiger partial charge in [0.15, 0.2) is 0 Å². The number of nitrogens with zero attached hydrogens (tertiary/aromatic N) is 1. The SMILES string of the molecule is COCC(COC)NC(=O)N1CCC2(C=Cc3ccccc3O2)CC1. The molecule has 0 atom stereocenters. The Hall–Kier alpha value is -2.05. The molecular weight excluding hydrogens is 320 g/mol. The number of piperidine rings is 1. The van der Waals surface area contributed by atoms with Gasteiger partial charge in [-0.05, 0) is 12.1 Å². The van der Waals surface area contributed by atoms with Crippen molar-refractivity contribution < 1.29 is 19.0 Å². The van der Waals surface area contributed by atoms with Gasteiger partial charge < -0.3 is 24.4 Å². The zero-order valence-electron chi connectivity index (χ0n) is 14.9. The van der Waals surface area contributed by atoms with Crippen molar-refractivity contribution in [3.63, 3.8) is 0 Å². The summed E-state index contributed by atoms with van der Waals surface area (Å²) < 4.78 is 16.5. The Balaban J connectivity index is 1.56. The quantitative estimate of drug-likeness (QED) is 0.889. The Bertz CT molecular complexity index is 618. The van der Waals surface area contributed by atoms with Gasteiger partial charge in [-0.2, -0.15) is 0 Å². The molecule has 0 saturated carbocycles. The Morgan fingerprint density at radius 3 is 2.60 bits per heavy atom. The Morgan fingerprint density at radius 2 is 1.92 bits per heavy atom. The Morgan fingerprint density at radius 1 is 1.24 bits per heavy atom. The minimum absolute atomic E-state index is 0.0749. The number of benzene rings is 1. The van der Waals surface area contributed by atoms with E-state index in [4.69, 9.17) is 14.2 Å². The van der Waals surface area contributed by atoms with Crippen LogP contribution in [0.15, 0.2) is 30.3 Å². The van der Waals surface area contributed by atoms with Crippen molar-refractivity contribution in [3.8, 4) is 5.75 Å². The highest BCUT2D eigenvalue weighted by Gasteiger charge is 2.38. The first-order valence-corrected chi connectivity index (χ1v) is 8.66. The van der Waals surface area contributed by atoms with Crippen LogP contribution < -0.4 is 10.1 Å². The average molecular weight is 346 g/mol. The lowest BCUT2D eigenvalue weighted by Crippen LogP contribution is -2.54. The van der Waals surface area contributed by atoms with Gasteiger partial charge in [0, 0.05) is 45.7 Å². The van der Waals surface area contributed by atoms with Gasteiger partial charge in [-0.1, -0.05) is 24.3 Å². The van der Waals surface area contributed by atoms with E-state index in [1.54, 1.807) is 14.2 Å². The van der Waals surface area contributed by atoms with E-state index >= 15 is 0 Å². The van der Waals surface area contributed by atoms with E-state index < -0.39 is 0 Å². The standard InChI is InChI=1S/C19H26N2O4/c1-23-13-16(14-24-2)20-18(22)21-11-9-19(10-12-21)8-7-15-5-3-4-6-17(15)25-19/h3-8,16H,9-14H2,1-2H3,(H,20,22). The summed E-state index contributed by atoms with van der Waals surface area (Å²) in [5.74, 6) is 0.920. The maximum Gasteiger partial charge on any atom is 0.317 e. The molecule has 25 heavy (non-hydrogen) atoms. The van der Waals surface area contributed by atoms with Crippen molar-refractivity contribution in [2.24, 2.45) is 0 Å². The topological polar surface area (TPSA) is 60.0 Å². The summed E-state index contributed by atoms with van der Waals surface area (Å²) in [6.07, 6.45) is 5.83. The fourth-order valence-corrected chi connectivity index (χ4v) is 3.36. The highest BCUT2D eigenvalue weighted by Crippen LogP contribution is 2.36. The van der Waals surface area contributed by atoms with Crippen LogP contribution >= 0.6 is 0 Å². The number of nitrogens with one attached hydrogen (secondary N) is 1. The number of ether oxygens (including phenoxy) is 3. The van der Waals surface area contributed by atoms with Gasteiger partial charge in [-0.15, -0.1) is 0 Å². The molecule has 1 fully saturated rings. The molecule has 1 spiro atoms. The molecule has 0 aromatic heterocycles. The minimum Gasteiger partial charge on any atom is -0.482 e. The maximum atomic E-state index is 12.5. The van der Waals surface area contributed by atoms with Crippen molar-refractivity contribution in [1.29, 1.82) is 0 Å². The second-order valence-electron chi connectivity index (χ2n) is 6.58. The van der Waals surface area contributed by atoms with Crippen LogP contribution in [0.25, 0.3) is 6.08 Å². The molecule has 2 aliphatic heterocycles. The van der Waals surface area contributed by atoms with Gasteiger partial charge in [-0.25, -0.2) is 4.79 Å². The highest BCUT2D eigenvalue weighted by molar-refractivity contribution is 5.74. The maximum absolute atomic E-state index is 12.5. The summed E-state index contributed by atoms with van der Waals surface area (Å²) in [6.45, 7) is 2.18. The third-order valence-electron chi connectivity index (χ3n) is 4.76. The van der Waals surface area contributed by atoms with Crippen LogP contribution in [-0.2, 0) is 9.47 Å². The van der Waals surface area contributed by atoms with E-state index in [-0.39, 0.29) is 17.7 Å². The summed E-state index contributed by atoms with van der Waals surface area (Å²) in [5, 5.41) is 2.97. The van der Waals surface area contributed by atoms with Crippen LogP contribution in [-0.4, -0.2) is 63.1 Å². The van der Waals surface area contributed by atoms with E-state index in [0.717, 1.165) is 24.2 Å². The number of fused-ring (bicyclic) bond motifs is 1. The molecule has 1 aromatic carbocycles. The number of carbonyl (C=O) groups excluding carboxylic acids is 1. The molecule has 136 valence electrons. The first-order valence-electron chi connectivity index (χ1n) is 8.66. The van der Waals surface area contributed by atoms with Gasteiger partial charge in [0.25, 0.3) is 0 Å². The van der Waals surface area contributed by atoms with E-state index in [1.165, 1.54) is 0 Å². The van der Waals surface area contributed by atoms with Crippen LogP contribution in [0.3, 0.4) is 0 Å². The van der Waals surface area contributed by atoms with Gasteiger partial charge >= 0.3 is 6.03 Å². The number of para-hydroxylation sites is 1. The van der Waals surface area contributed by atoms with Crippen LogP contribution in [0.5, 0.6) is 5.75 Å². The van der Waals surface area contributed by atoms with Gasteiger partial charge in [0.2, 0.25) is 0 Å². The van der Waals surface area contributed by atoms with Gasteiger partial charge in [0.05, 0.1) is 19.3 Å². The lowest BCUT2D eigenvalue weighted by atomic mass is 9.88. The third kappa shape index (κ3) is 4.14. The van der Waals surface area contributed by atoms with Crippen LogP contribution in [0.1, 0.15) is 18.4 Å². The third-order valence-corrected chi connectivity index (χ3v) is 4.76. The molecule has 0 aliphatic carbocycles. The van der Waals surface area contributed by atoms with Gasteiger partial charge in [-0.3, -0.25) is 0 Å². The normalized spacial score (nSPS) is 18.1. The van der Waals surface area contributed by atoms with Crippen molar-refractivity contribution in [1.82, 2.24) is 10.2 Å². The Kier molecular flexibility index (Phi) is 5.60. The first kappa shape index (κ1) is 17.8. The Labute approximate surface area is 148 Å². The number of hydrogen-bond acceptors (Lipinski definition) is 4. The van der Waals surface area contributed by atoms with E-state index in [0.29, 0.717) is 26.3 Å². The largest absolute Gasteiger partial charge is 0.482 e. The number of methoxy groups -OCH3 is 2. The zero-order valence-corrected chi connectivity index (χ0v) is 14.9. The molecule has 6 nitrogen and oxygen atoms in total. The fourth-order valence-electron chi connectivity index (χ4n) is 3.36. The summed E-state index contributed by atoms with van der Waals surface area (Å²) in [5.41, 5.74) is 0.805. The van der Waals surface area contributed by atoms with Crippen molar-refractivity contribution in [2.45, 2.75) is 24.5 Å². The number of urea groups is 1. The molecule has 0 radical (unpaired) electrons. The van der Waals surface area contributed by atoms with Crippen LogP contribution in [0, 0.1) is 0 Å². The second kappa shape index (κ2) is 7.89. The average Bonchev–Trinajstić information content (AvgIpc) is 2.62. The molecule has 2 aliphatic rings. The number of hydrogen-bond donors (Lipinski definition) is 1.